The van der Waals surface area contributed by atoms with E-state index in [1.54, 1.807) is 13.8 Å². The van der Waals surface area contributed by atoms with Gasteiger partial charge in [0.2, 0.25) is 10.0 Å². The van der Waals surface area contributed by atoms with Crippen LogP contribution in [0.25, 0.3) is 0 Å². The van der Waals surface area contributed by atoms with E-state index in [1.807, 2.05) is 0 Å². The van der Waals surface area contributed by atoms with Crippen LogP contribution >= 0.6 is 0 Å². The second-order valence-corrected chi connectivity index (χ2v) is 6.27. The zero-order valence-electron chi connectivity index (χ0n) is 11.2. The van der Waals surface area contributed by atoms with Crippen LogP contribution in [-0.4, -0.2) is 36.4 Å². The summed E-state index contributed by atoms with van der Waals surface area (Å²) in [6.07, 6.45) is 1.40. The first-order valence-corrected chi connectivity index (χ1v) is 7.31. The quantitative estimate of drug-likeness (QED) is 0.817. The SMILES string of the molecule is C=CCN(C(C)C)S(=O)(=O)c1ccc(C(=O)O)cc1F. The number of carbonyl (C=O) groups is 1. The van der Waals surface area contributed by atoms with Crippen molar-refractivity contribution < 1.29 is 22.7 Å². The summed E-state index contributed by atoms with van der Waals surface area (Å²) in [5, 5.41) is 8.74. The molecule has 0 saturated carbocycles. The van der Waals surface area contributed by atoms with Gasteiger partial charge in [-0.2, -0.15) is 4.31 Å². The summed E-state index contributed by atoms with van der Waals surface area (Å²) >= 11 is 0. The Morgan fingerprint density at radius 1 is 1.50 bits per heavy atom. The topological polar surface area (TPSA) is 74.7 Å². The molecule has 0 amide bonds. The molecule has 20 heavy (non-hydrogen) atoms. The van der Waals surface area contributed by atoms with E-state index in [2.05, 4.69) is 6.58 Å². The van der Waals surface area contributed by atoms with Crippen LogP contribution in [0.2, 0.25) is 0 Å². The Bertz CT molecular complexity index is 625. The Morgan fingerprint density at radius 3 is 2.50 bits per heavy atom. The van der Waals surface area contributed by atoms with Gasteiger partial charge in [-0.1, -0.05) is 6.08 Å². The fourth-order valence-corrected chi connectivity index (χ4v) is 3.34. The second kappa shape index (κ2) is 6.15. The summed E-state index contributed by atoms with van der Waals surface area (Å²) in [7, 11) is -4.04. The average molecular weight is 301 g/mol. The minimum atomic E-state index is -4.04. The van der Waals surface area contributed by atoms with E-state index in [9.17, 15) is 17.6 Å². The van der Waals surface area contributed by atoms with Crippen LogP contribution in [0.4, 0.5) is 4.39 Å². The monoisotopic (exact) mass is 301 g/mol. The van der Waals surface area contributed by atoms with Gasteiger partial charge in [0.25, 0.3) is 0 Å². The molecule has 0 unspecified atom stereocenters. The van der Waals surface area contributed by atoms with Gasteiger partial charge in [-0.3, -0.25) is 0 Å². The molecule has 1 aromatic carbocycles. The number of aromatic carboxylic acids is 1. The first kappa shape index (κ1) is 16.3. The predicted octanol–water partition coefficient (Wildman–Crippen LogP) is 2.11. The van der Waals surface area contributed by atoms with Crippen molar-refractivity contribution >= 4 is 16.0 Å². The lowest BCUT2D eigenvalue weighted by atomic mass is 10.2. The highest BCUT2D eigenvalue weighted by atomic mass is 32.2. The van der Waals surface area contributed by atoms with Crippen molar-refractivity contribution in [3.8, 4) is 0 Å². The van der Waals surface area contributed by atoms with Crippen LogP contribution < -0.4 is 0 Å². The van der Waals surface area contributed by atoms with E-state index in [0.717, 1.165) is 16.4 Å². The minimum absolute atomic E-state index is 0.0418. The van der Waals surface area contributed by atoms with Crippen molar-refractivity contribution in [1.82, 2.24) is 4.31 Å². The third-order valence-electron chi connectivity index (χ3n) is 2.65. The van der Waals surface area contributed by atoms with E-state index in [4.69, 9.17) is 5.11 Å². The van der Waals surface area contributed by atoms with Gasteiger partial charge < -0.3 is 5.11 Å². The van der Waals surface area contributed by atoms with Crippen LogP contribution in [0.1, 0.15) is 24.2 Å². The number of rotatable bonds is 6. The molecule has 0 aliphatic rings. The van der Waals surface area contributed by atoms with Crippen molar-refractivity contribution in [2.24, 2.45) is 0 Å². The van der Waals surface area contributed by atoms with E-state index < -0.39 is 26.7 Å². The van der Waals surface area contributed by atoms with Gasteiger partial charge in [-0.25, -0.2) is 17.6 Å². The largest absolute Gasteiger partial charge is 0.478 e. The van der Waals surface area contributed by atoms with Gasteiger partial charge in [0.1, 0.15) is 10.7 Å². The zero-order valence-corrected chi connectivity index (χ0v) is 12.0. The Balaban J connectivity index is 3.34. The Morgan fingerprint density at radius 2 is 2.10 bits per heavy atom. The van der Waals surface area contributed by atoms with Gasteiger partial charge >= 0.3 is 5.97 Å². The molecule has 0 atom stereocenters. The Hall–Kier alpha value is -1.73. The molecule has 5 nitrogen and oxygen atoms in total. The van der Waals surface area contributed by atoms with Crippen LogP contribution in [0.15, 0.2) is 35.7 Å². The molecule has 0 saturated heterocycles. The number of nitrogens with zero attached hydrogens (tertiary/aromatic N) is 1. The van der Waals surface area contributed by atoms with Crippen LogP contribution in [0.5, 0.6) is 0 Å². The molecular formula is C13H16FNO4S. The molecule has 0 fully saturated rings. The molecule has 0 bridgehead atoms. The lowest BCUT2D eigenvalue weighted by Crippen LogP contribution is -2.37. The highest BCUT2D eigenvalue weighted by Crippen LogP contribution is 2.22. The molecule has 1 N–H and O–H groups in total. The maximum Gasteiger partial charge on any atom is 0.335 e. The second-order valence-electron chi connectivity index (χ2n) is 4.41. The summed E-state index contributed by atoms with van der Waals surface area (Å²) in [4.78, 5) is 10.2. The molecule has 1 rings (SSSR count). The van der Waals surface area contributed by atoms with Crippen LogP contribution in [0.3, 0.4) is 0 Å². The lowest BCUT2D eigenvalue weighted by molar-refractivity contribution is 0.0696. The first-order chi connectivity index (χ1) is 9.21. The predicted molar refractivity (Wildman–Crippen MR) is 72.6 cm³/mol. The van der Waals surface area contributed by atoms with Crippen molar-refractivity contribution in [2.75, 3.05) is 6.54 Å². The van der Waals surface area contributed by atoms with E-state index in [1.165, 1.54) is 6.08 Å². The summed E-state index contributed by atoms with van der Waals surface area (Å²) in [5.74, 6) is -2.40. The molecule has 110 valence electrons. The summed E-state index contributed by atoms with van der Waals surface area (Å²) in [5.41, 5.74) is -0.304. The first-order valence-electron chi connectivity index (χ1n) is 5.87. The van der Waals surface area contributed by atoms with Crippen molar-refractivity contribution in [1.29, 1.82) is 0 Å². The molecule has 0 aliphatic carbocycles. The number of sulfonamides is 1. The molecule has 1 aromatic rings. The van der Waals surface area contributed by atoms with Crippen LogP contribution in [-0.2, 0) is 10.0 Å². The minimum Gasteiger partial charge on any atom is -0.478 e. The van der Waals surface area contributed by atoms with Gasteiger partial charge in [0.05, 0.1) is 5.56 Å². The normalized spacial score (nSPS) is 11.8. The van der Waals surface area contributed by atoms with E-state index >= 15 is 0 Å². The highest BCUT2D eigenvalue weighted by molar-refractivity contribution is 7.89. The highest BCUT2D eigenvalue weighted by Gasteiger charge is 2.29. The molecular weight excluding hydrogens is 285 g/mol. The number of hydrogen-bond acceptors (Lipinski definition) is 3. The number of carboxylic acid groups (broad SMARTS) is 1. The van der Waals surface area contributed by atoms with Gasteiger partial charge in [0.15, 0.2) is 0 Å². The molecule has 7 heteroatoms. The molecule has 0 radical (unpaired) electrons. The standard InChI is InChI=1S/C13H16FNO4S/c1-4-7-15(9(2)3)20(18,19)12-6-5-10(13(16)17)8-11(12)14/h4-6,8-9H,1,7H2,2-3H3,(H,16,17). The fourth-order valence-electron chi connectivity index (χ4n) is 1.68. The maximum absolute atomic E-state index is 13.9. The van der Waals surface area contributed by atoms with Gasteiger partial charge in [-0.05, 0) is 32.0 Å². The molecule has 0 heterocycles. The number of benzene rings is 1. The number of hydrogen-bond donors (Lipinski definition) is 1. The average Bonchev–Trinajstić information content (AvgIpc) is 2.34. The van der Waals surface area contributed by atoms with E-state index in [-0.39, 0.29) is 18.2 Å². The van der Waals surface area contributed by atoms with E-state index in [0.29, 0.717) is 6.07 Å². The third-order valence-corrected chi connectivity index (χ3v) is 4.73. The summed E-state index contributed by atoms with van der Waals surface area (Å²) in [6, 6.07) is 2.34. The number of halogens is 1. The Kier molecular flexibility index (Phi) is 5.02. The van der Waals surface area contributed by atoms with Crippen LogP contribution in [0, 0.1) is 5.82 Å². The molecule has 0 aromatic heterocycles. The van der Waals surface area contributed by atoms with Crippen molar-refractivity contribution in [2.45, 2.75) is 24.8 Å². The number of carboxylic acids is 1. The van der Waals surface area contributed by atoms with Gasteiger partial charge in [0, 0.05) is 12.6 Å². The smallest absolute Gasteiger partial charge is 0.335 e. The molecule has 0 spiro atoms. The summed E-state index contributed by atoms with van der Waals surface area (Å²) < 4.78 is 39.7. The Labute approximate surface area is 117 Å². The van der Waals surface area contributed by atoms with Crippen molar-refractivity contribution in [3.63, 3.8) is 0 Å². The lowest BCUT2D eigenvalue weighted by Gasteiger charge is -2.24. The summed E-state index contributed by atoms with van der Waals surface area (Å²) in [6.45, 7) is 6.83. The zero-order chi connectivity index (χ0) is 15.5. The fraction of sp³-hybridized carbons (Fsp3) is 0.308. The third kappa shape index (κ3) is 3.23. The molecule has 0 aliphatic heterocycles. The maximum atomic E-state index is 13.9. The van der Waals surface area contributed by atoms with Gasteiger partial charge in [-0.15, -0.1) is 6.58 Å². The van der Waals surface area contributed by atoms with Crippen molar-refractivity contribution in [3.05, 3.63) is 42.2 Å².